The number of aryl methyl sites for hydroxylation is 2. The van der Waals surface area contributed by atoms with Crippen molar-refractivity contribution in [2.45, 2.75) is 46.1 Å². The third-order valence-electron chi connectivity index (χ3n) is 4.00. The van der Waals surface area contributed by atoms with Crippen molar-refractivity contribution in [3.05, 3.63) is 21.1 Å². The monoisotopic (exact) mass is 320 g/mol. The number of piperidine rings is 1. The molecule has 0 radical (unpaired) electrons. The zero-order valence-corrected chi connectivity index (χ0v) is 13.8. The zero-order valence-electron chi connectivity index (χ0n) is 13.0. The summed E-state index contributed by atoms with van der Waals surface area (Å²) in [5, 5.41) is 5.24. The van der Waals surface area contributed by atoms with Crippen LogP contribution in [0.25, 0.3) is 10.2 Å². The number of fused-ring (bicyclic) bond motifs is 1. The van der Waals surface area contributed by atoms with Gasteiger partial charge in [0.25, 0.3) is 5.56 Å². The quantitative estimate of drug-likeness (QED) is 0.864. The van der Waals surface area contributed by atoms with Gasteiger partial charge in [-0.3, -0.25) is 9.59 Å². The van der Waals surface area contributed by atoms with Crippen molar-refractivity contribution < 1.29 is 4.79 Å². The van der Waals surface area contributed by atoms with Crippen LogP contribution in [0.1, 0.15) is 36.9 Å². The number of hydrogen-bond acceptors (Lipinski definition) is 5. The van der Waals surface area contributed by atoms with Crippen molar-refractivity contribution in [1.29, 1.82) is 0 Å². The maximum atomic E-state index is 12.5. The van der Waals surface area contributed by atoms with Gasteiger partial charge in [-0.1, -0.05) is 6.92 Å². The molecule has 0 saturated carbocycles. The van der Waals surface area contributed by atoms with E-state index in [-0.39, 0.29) is 18.0 Å². The van der Waals surface area contributed by atoms with Crippen molar-refractivity contribution in [3.63, 3.8) is 0 Å². The van der Waals surface area contributed by atoms with E-state index in [4.69, 9.17) is 0 Å². The molecule has 2 aromatic heterocycles. The van der Waals surface area contributed by atoms with Crippen LogP contribution in [0.4, 0.5) is 0 Å². The van der Waals surface area contributed by atoms with E-state index in [0.717, 1.165) is 47.8 Å². The van der Waals surface area contributed by atoms with Gasteiger partial charge in [0.1, 0.15) is 6.54 Å². The number of aromatic nitrogens is 3. The normalized spacial score (nSPS) is 15.5. The molecule has 0 aromatic carbocycles. The Labute approximate surface area is 132 Å². The van der Waals surface area contributed by atoms with Gasteiger partial charge in [-0.05, 0) is 32.6 Å². The topological polar surface area (TPSA) is 68.1 Å². The Morgan fingerprint density at radius 1 is 1.27 bits per heavy atom. The van der Waals surface area contributed by atoms with Gasteiger partial charge in [-0.25, -0.2) is 9.67 Å². The second kappa shape index (κ2) is 6.16. The number of likely N-dealkylation sites (tertiary alicyclic amines) is 1. The molecule has 118 valence electrons. The Balaban J connectivity index is 1.92. The van der Waals surface area contributed by atoms with E-state index in [1.54, 1.807) is 0 Å². The Morgan fingerprint density at radius 2 is 2.00 bits per heavy atom. The summed E-state index contributed by atoms with van der Waals surface area (Å²) in [6, 6.07) is 0. The summed E-state index contributed by atoms with van der Waals surface area (Å²) in [5.41, 5.74) is 0.945. The molecular weight excluding hydrogens is 300 g/mol. The van der Waals surface area contributed by atoms with Crippen molar-refractivity contribution >= 4 is 27.5 Å². The first-order valence-corrected chi connectivity index (χ1v) is 8.56. The minimum Gasteiger partial charge on any atom is -0.341 e. The molecule has 0 atom stereocenters. The highest BCUT2D eigenvalue weighted by atomic mass is 32.1. The van der Waals surface area contributed by atoms with Crippen LogP contribution >= 0.6 is 11.3 Å². The highest BCUT2D eigenvalue weighted by Gasteiger charge is 2.19. The fraction of sp³-hybridized carbons (Fsp3) is 0.600. The predicted octanol–water partition coefficient (Wildman–Crippen LogP) is 1.74. The van der Waals surface area contributed by atoms with Crippen LogP contribution in [0.15, 0.2) is 4.79 Å². The second-order valence-electron chi connectivity index (χ2n) is 5.63. The molecule has 1 aliphatic heterocycles. The van der Waals surface area contributed by atoms with Gasteiger partial charge in [-0.15, -0.1) is 11.3 Å². The summed E-state index contributed by atoms with van der Waals surface area (Å²) in [7, 11) is 0. The lowest BCUT2D eigenvalue weighted by Gasteiger charge is -2.26. The maximum Gasteiger partial charge on any atom is 0.294 e. The van der Waals surface area contributed by atoms with Gasteiger partial charge in [0.05, 0.1) is 15.4 Å². The van der Waals surface area contributed by atoms with E-state index in [1.165, 1.54) is 22.4 Å². The van der Waals surface area contributed by atoms with Crippen molar-refractivity contribution in [2.75, 3.05) is 13.1 Å². The largest absolute Gasteiger partial charge is 0.341 e. The number of thiazole rings is 1. The van der Waals surface area contributed by atoms with E-state index in [9.17, 15) is 9.59 Å². The number of amides is 1. The summed E-state index contributed by atoms with van der Waals surface area (Å²) in [6.45, 7) is 5.45. The molecule has 2 aromatic rings. The van der Waals surface area contributed by atoms with Gasteiger partial charge in [0, 0.05) is 13.1 Å². The van der Waals surface area contributed by atoms with Crippen LogP contribution in [0.5, 0.6) is 0 Å². The second-order valence-corrected chi connectivity index (χ2v) is 6.71. The minimum absolute atomic E-state index is 0.00853. The molecule has 6 nitrogen and oxygen atoms in total. The van der Waals surface area contributed by atoms with Gasteiger partial charge < -0.3 is 4.90 Å². The van der Waals surface area contributed by atoms with Crippen LogP contribution < -0.4 is 5.56 Å². The lowest BCUT2D eigenvalue weighted by molar-refractivity contribution is -0.133. The fourth-order valence-corrected chi connectivity index (χ4v) is 3.71. The minimum atomic E-state index is -0.262. The zero-order chi connectivity index (χ0) is 15.7. The molecule has 0 unspecified atom stereocenters. The fourth-order valence-electron chi connectivity index (χ4n) is 2.78. The summed E-state index contributed by atoms with van der Waals surface area (Å²) >= 11 is 1.51. The van der Waals surface area contributed by atoms with Crippen LogP contribution in [-0.2, 0) is 17.8 Å². The van der Waals surface area contributed by atoms with Gasteiger partial charge in [-0.2, -0.15) is 5.10 Å². The van der Waals surface area contributed by atoms with Crippen LogP contribution in [0, 0.1) is 6.92 Å². The molecule has 1 amide bonds. The first-order valence-electron chi connectivity index (χ1n) is 7.75. The van der Waals surface area contributed by atoms with Crippen molar-refractivity contribution in [2.24, 2.45) is 0 Å². The molecule has 3 heterocycles. The molecule has 0 spiro atoms. The first kappa shape index (κ1) is 15.1. The molecular formula is C15H20N4O2S. The van der Waals surface area contributed by atoms with E-state index < -0.39 is 0 Å². The van der Waals surface area contributed by atoms with Gasteiger partial charge >= 0.3 is 0 Å². The van der Waals surface area contributed by atoms with Gasteiger partial charge in [0.2, 0.25) is 5.91 Å². The van der Waals surface area contributed by atoms with Crippen LogP contribution in [0.2, 0.25) is 0 Å². The molecule has 3 rings (SSSR count). The number of nitrogens with zero attached hydrogens (tertiary/aromatic N) is 4. The van der Waals surface area contributed by atoms with Crippen molar-refractivity contribution in [3.8, 4) is 0 Å². The molecule has 1 saturated heterocycles. The Hall–Kier alpha value is -1.76. The SMILES string of the molecule is CCc1nc2c(=O)n(CC(=O)N3CCCCC3)nc(C)c2s1. The molecule has 1 fully saturated rings. The highest BCUT2D eigenvalue weighted by molar-refractivity contribution is 7.18. The summed E-state index contributed by atoms with van der Waals surface area (Å²) in [4.78, 5) is 31.1. The molecule has 7 heteroatoms. The molecule has 22 heavy (non-hydrogen) atoms. The standard InChI is InChI=1S/C15H20N4O2S/c1-3-11-16-13-14(22-11)10(2)17-19(15(13)21)9-12(20)18-7-5-4-6-8-18/h3-9H2,1-2H3. The third kappa shape index (κ3) is 2.77. The number of carbonyl (C=O) groups is 1. The predicted molar refractivity (Wildman–Crippen MR) is 86.2 cm³/mol. The summed E-state index contributed by atoms with van der Waals surface area (Å²) in [5.74, 6) is -0.0287. The van der Waals surface area contributed by atoms with Crippen LogP contribution in [0.3, 0.4) is 0 Å². The number of carbonyl (C=O) groups excluding carboxylic acids is 1. The smallest absolute Gasteiger partial charge is 0.294 e. The molecule has 0 bridgehead atoms. The number of rotatable bonds is 3. The van der Waals surface area contributed by atoms with E-state index in [0.29, 0.717) is 5.52 Å². The Bertz CT molecular complexity index is 759. The first-order chi connectivity index (χ1) is 10.6. The average molecular weight is 320 g/mol. The highest BCUT2D eigenvalue weighted by Crippen LogP contribution is 2.21. The van der Waals surface area contributed by atoms with E-state index in [2.05, 4.69) is 10.1 Å². The molecule has 0 N–H and O–H groups in total. The average Bonchev–Trinajstić information content (AvgIpc) is 2.98. The van der Waals surface area contributed by atoms with Crippen LogP contribution in [-0.4, -0.2) is 38.7 Å². The maximum absolute atomic E-state index is 12.5. The Morgan fingerprint density at radius 3 is 2.68 bits per heavy atom. The summed E-state index contributed by atoms with van der Waals surface area (Å²) < 4.78 is 2.11. The number of hydrogen-bond donors (Lipinski definition) is 0. The Kier molecular flexibility index (Phi) is 4.24. The molecule has 1 aliphatic rings. The van der Waals surface area contributed by atoms with Crippen molar-refractivity contribution in [1.82, 2.24) is 19.7 Å². The lowest BCUT2D eigenvalue weighted by Crippen LogP contribution is -2.40. The van der Waals surface area contributed by atoms with E-state index in [1.807, 2.05) is 18.7 Å². The lowest BCUT2D eigenvalue weighted by atomic mass is 10.1. The third-order valence-corrected chi connectivity index (χ3v) is 5.31. The van der Waals surface area contributed by atoms with Gasteiger partial charge in [0.15, 0.2) is 5.52 Å². The van der Waals surface area contributed by atoms with E-state index >= 15 is 0 Å². The summed E-state index contributed by atoms with van der Waals surface area (Å²) in [6.07, 6.45) is 4.05. The molecule has 0 aliphatic carbocycles.